The largest absolute Gasteiger partial charge is 0.497 e. The Labute approximate surface area is 160 Å². The lowest BCUT2D eigenvalue weighted by Crippen LogP contribution is -2.15. The summed E-state index contributed by atoms with van der Waals surface area (Å²) in [4.78, 5) is 11.3. The van der Waals surface area contributed by atoms with Crippen LogP contribution in [0, 0.1) is 0 Å². The zero-order chi connectivity index (χ0) is 18.8. The molecular weight excluding hydrogens is 336 g/mol. The van der Waals surface area contributed by atoms with Crippen LogP contribution in [-0.4, -0.2) is 24.1 Å². The van der Waals surface area contributed by atoms with Gasteiger partial charge in [0.1, 0.15) is 23.7 Å². The van der Waals surface area contributed by atoms with Crippen LogP contribution in [0.25, 0.3) is 0 Å². The predicted molar refractivity (Wildman–Crippen MR) is 109 cm³/mol. The minimum absolute atomic E-state index is 0.335. The van der Waals surface area contributed by atoms with E-state index in [1.165, 1.54) is 11.1 Å². The molecule has 2 aromatic carbocycles. The van der Waals surface area contributed by atoms with Crippen molar-refractivity contribution in [3.63, 3.8) is 0 Å². The second-order valence-corrected chi connectivity index (χ2v) is 6.95. The van der Waals surface area contributed by atoms with Gasteiger partial charge < -0.3 is 15.0 Å². The van der Waals surface area contributed by atoms with Crippen molar-refractivity contribution in [1.29, 1.82) is 0 Å². The molecule has 0 saturated carbocycles. The average molecular weight is 360 g/mol. The van der Waals surface area contributed by atoms with E-state index in [2.05, 4.69) is 70.6 Å². The number of hydrogen-bond donors (Lipinski definition) is 1. The number of rotatable bonds is 4. The lowest BCUT2D eigenvalue weighted by molar-refractivity contribution is 0.414. The van der Waals surface area contributed by atoms with Gasteiger partial charge in [-0.1, -0.05) is 37.3 Å². The predicted octanol–water partition coefficient (Wildman–Crippen LogP) is 4.52. The zero-order valence-electron chi connectivity index (χ0n) is 15.9. The van der Waals surface area contributed by atoms with E-state index in [0.29, 0.717) is 5.92 Å². The van der Waals surface area contributed by atoms with E-state index < -0.39 is 0 Å². The molecule has 27 heavy (non-hydrogen) atoms. The highest BCUT2D eigenvalue weighted by atomic mass is 16.5. The molecule has 0 spiro atoms. The Bertz CT molecular complexity index is 942. The van der Waals surface area contributed by atoms with Crippen LogP contribution in [0.15, 0.2) is 54.9 Å². The minimum Gasteiger partial charge on any atom is -0.497 e. The molecular formula is C22H24N4O. The standard InChI is InChI=1S/C22H24N4O/c1-15-11-19-21(23-13-16-7-5-4-6-8-16)24-14-25-22(19)26(2)20-10-9-17(27-3)12-18(15)20/h4-10,12,14-15H,11,13H2,1-3H3,(H,23,24,25). The van der Waals surface area contributed by atoms with E-state index in [9.17, 15) is 0 Å². The van der Waals surface area contributed by atoms with Gasteiger partial charge >= 0.3 is 0 Å². The minimum atomic E-state index is 0.335. The molecule has 1 N–H and O–H groups in total. The molecule has 2 heterocycles. The van der Waals surface area contributed by atoms with Crippen molar-refractivity contribution in [3.8, 4) is 5.75 Å². The van der Waals surface area contributed by atoms with Crippen molar-refractivity contribution in [2.75, 3.05) is 24.4 Å². The van der Waals surface area contributed by atoms with E-state index in [1.54, 1.807) is 13.4 Å². The number of ether oxygens (including phenoxy) is 1. The molecule has 138 valence electrons. The van der Waals surface area contributed by atoms with E-state index >= 15 is 0 Å². The van der Waals surface area contributed by atoms with E-state index in [0.717, 1.165) is 41.6 Å². The van der Waals surface area contributed by atoms with Gasteiger partial charge in [0.15, 0.2) is 0 Å². The fourth-order valence-corrected chi connectivity index (χ4v) is 3.70. The number of nitrogens with zero attached hydrogens (tertiary/aromatic N) is 3. The molecule has 0 saturated heterocycles. The Morgan fingerprint density at radius 2 is 1.96 bits per heavy atom. The molecule has 0 amide bonds. The number of benzene rings is 2. The van der Waals surface area contributed by atoms with Gasteiger partial charge in [-0.05, 0) is 41.7 Å². The summed E-state index contributed by atoms with van der Waals surface area (Å²) >= 11 is 0. The molecule has 1 aromatic heterocycles. The van der Waals surface area contributed by atoms with Crippen molar-refractivity contribution in [2.24, 2.45) is 0 Å². The topological polar surface area (TPSA) is 50.3 Å². The third-order valence-corrected chi connectivity index (χ3v) is 5.18. The third-order valence-electron chi connectivity index (χ3n) is 5.18. The molecule has 4 rings (SSSR count). The van der Waals surface area contributed by atoms with E-state index in [4.69, 9.17) is 4.74 Å². The van der Waals surface area contributed by atoms with Gasteiger partial charge in [0, 0.05) is 24.8 Å². The SMILES string of the molecule is COc1ccc2c(c1)C(C)Cc1c(NCc3ccccc3)ncnc1N2C. The number of aromatic nitrogens is 2. The first-order valence-electron chi connectivity index (χ1n) is 9.20. The first-order chi connectivity index (χ1) is 13.2. The second kappa shape index (κ2) is 7.27. The maximum Gasteiger partial charge on any atom is 0.141 e. The van der Waals surface area contributed by atoms with Gasteiger partial charge in [-0.3, -0.25) is 0 Å². The van der Waals surface area contributed by atoms with Crippen molar-refractivity contribution in [1.82, 2.24) is 9.97 Å². The normalized spacial score (nSPS) is 15.5. The van der Waals surface area contributed by atoms with Crippen LogP contribution in [-0.2, 0) is 13.0 Å². The molecule has 0 fully saturated rings. The molecule has 1 aliphatic rings. The molecule has 0 aliphatic carbocycles. The van der Waals surface area contributed by atoms with Gasteiger partial charge in [-0.2, -0.15) is 0 Å². The molecule has 1 unspecified atom stereocenters. The highest BCUT2D eigenvalue weighted by Gasteiger charge is 2.26. The van der Waals surface area contributed by atoms with E-state index in [1.807, 2.05) is 12.1 Å². The van der Waals surface area contributed by atoms with Crippen LogP contribution >= 0.6 is 0 Å². The number of fused-ring (bicyclic) bond motifs is 2. The van der Waals surface area contributed by atoms with Crippen LogP contribution in [0.5, 0.6) is 5.75 Å². The number of hydrogen-bond acceptors (Lipinski definition) is 5. The Hall–Kier alpha value is -3.08. The molecule has 0 radical (unpaired) electrons. The van der Waals surface area contributed by atoms with E-state index in [-0.39, 0.29) is 0 Å². The van der Waals surface area contributed by atoms with Gasteiger partial charge in [0.25, 0.3) is 0 Å². The maximum absolute atomic E-state index is 5.43. The Kier molecular flexibility index (Phi) is 4.67. The summed E-state index contributed by atoms with van der Waals surface area (Å²) in [7, 11) is 3.77. The summed E-state index contributed by atoms with van der Waals surface area (Å²) in [6.45, 7) is 2.98. The maximum atomic E-state index is 5.43. The first kappa shape index (κ1) is 17.3. The number of methoxy groups -OCH3 is 1. The average Bonchev–Trinajstić information content (AvgIpc) is 2.82. The van der Waals surface area contributed by atoms with Crippen molar-refractivity contribution in [3.05, 3.63) is 71.5 Å². The Morgan fingerprint density at radius 1 is 1.15 bits per heavy atom. The van der Waals surface area contributed by atoms with Crippen molar-refractivity contribution in [2.45, 2.75) is 25.8 Å². The molecule has 5 heteroatoms. The lowest BCUT2D eigenvalue weighted by Gasteiger charge is -2.22. The lowest BCUT2D eigenvalue weighted by atomic mass is 9.94. The summed E-state index contributed by atoms with van der Waals surface area (Å²) in [5.41, 5.74) is 4.81. The highest BCUT2D eigenvalue weighted by Crippen LogP contribution is 2.42. The van der Waals surface area contributed by atoms with Gasteiger partial charge in [-0.25, -0.2) is 9.97 Å². The molecule has 1 aliphatic heterocycles. The third kappa shape index (κ3) is 3.33. The van der Waals surface area contributed by atoms with Crippen molar-refractivity contribution < 1.29 is 4.74 Å². The summed E-state index contributed by atoms with van der Waals surface area (Å²) in [6, 6.07) is 16.6. The fraction of sp³-hybridized carbons (Fsp3) is 0.273. The summed E-state index contributed by atoms with van der Waals surface area (Å²) in [5.74, 6) is 3.08. The van der Waals surface area contributed by atoms with Crippen LogP contribution in [0.2, 0.25) is 0 Å². The molecule has 1 atom stereocenters. The zero-order valence-corrected chi connectivity index (χ0v) is 15.9. The highest BCUT2D eigenvalue weighted by molar-refractivity contribution is 5.72. The first-order valence-corrected chi connectivity index (χ1v) is 9.20. The second-order valence-electron chi connectivity index (χ2n) is 6.95. The van der Waals surface area contributed by atoms with Crippen LogP contribution in [0.1, 0.15) is 29.5 Å². The smallest absolute Gasteiger partial charge is 0.141 e. The monoisotopic (exact) mass is 360 g/mol. The van der Waals surface area contributed by atoms with Gasteiger partial charge in [-0.15, -0.1) is 0 Å². The summed E-state index contributed by atoms with van der Waals surface area (Å²) in [5, 5.41) is 3.50. The molecule has 5 nitrogen and oxygen atoms in total. The number of anilines is 3. The quantitative estimate of drug-likeness (QED) is 0.741. The Morgan fingerprint density at radius 3 is 2.74 bits per heavy atom. The summed E-state index contributed by atoms with van der Waals surface area (Å²) < 4.78 is 5.43. The van der Waals surface area contributed by atoms with Crippen LogP contribution in [0.4, 0.5) is 17.3 Å². The van der Waals surface area contributed by atoms with Gasteiger partial charge in [0.05, 0.1) is 7.11 Å². The molecule has 3 aromatic rings. The van der Waals surface area contributed by atoms with Gasteiger partial charge in [0.2, 0.25) is 0 Å². The number of nitrogens with one attached hydrogen (secondary N) is 1. The Balaban J connectivity index is 1.70. The van der Waals surface area contributed by atoms with Crippen LogP contribution in [0.3, 0.4) is 0 Å². The van der Waals surface area contributed by atoms with Crippen LogP contribution < -0.4 is 15.0 Å². The van der Waals surface area contributed by atoms with Crippen molar-refractivity contribution >= 4 is 17.3 Å². The fourth-order valence-electron chi connectivity index (χ4n) is 3.70. The molecule has 0 bridgehead atoms. The summed E-state index contributed by atoms with van der Waals surface area (Å²) in [6.07, 6.45) is 2.51.